The highest BCUT2D eigenvalue weighted by Gasteiger charge is 2.11. The molecule has 1 amide bonds. The van der Waals surface area contributed by atoms with Crippen LogP contribution >= 0.6 is 0 Å². The van der Waals surface area contributed by atoms with Gasteiger partial charge in [0.2, 0.25) is 0 Å². The van der Waals surface area contributed by atoms with Crippen LogP contribution in [-0.4, -0.2) is 25.1 Å². The largest absolute Gasteiger partial charge is 0.493 e. The fourth-order valence-corrected chi connectivity index (χ4v) is 2.11. The Balaban J connectivity index is 1.84. The molecule has 0 unspecified atom stereocenters. The fraction of sp³-hybridized carbons (Fsp3) is 0.125. The van der Waals surface area contributed by atoms with E-state index in [2.05, 4.69) is 10.3 Å². The number of fused-ring (bicyclic) bond motifs is 1. The molecule has 0 bridgehead atoms. The molecule has 1 aromatic heterocycles. The number of hydrogen-bond donors (Lipinski definition) is 1. The van der Waals surface area contributed by atoms with Gasteiger partial charge in [0.05, 0.1) is 14.2 Å². The molecule has 0 saturated carbocycles. The average molecular weight is 298 g/mol. The number of methoxy groups -OCH3 is 2. The van der Waals surface area contributed by atoms with E-state index in [0.29, 0.717) is 28.3 Å². The smallest absolute Gasteiger partial charge is 0.255 e. The molecule has 6 nitrogen and oxygen atoms in total. The zero-order valence-corrected chi connectivity index (χ0v) is 12.1. The minimum atomic E-state index is -0.250. The van der Waals surface area contributed by atoms with E-state index in [4.69, 9.17) is 13.9 Å². The molecule has 22 heavy (non-hydrogen) atoms. The quantitative estimate of drug-likeness (QED) is 0.801. The third-order valence-electron chi connectivity index (χ3n) is 3.23. The molecule has 0 atom stereocenters. The lowest BCUT2D eigenvalue weighted by Gasteiger charge is -2.10. The van der Waals surface area contributed by atoms with Gasteiger partial charge in [-0.1, -0.05) is 0 Å². The van der Waals surface area contributed by atoms with Crippen LogP contribution in [-0.2, 0) is 0 Å². The third-order valence-corrected chi connectivity index (χ3v) is 3.23. The van der Waals surface area contributed by atoms with Crippen molar-refractivity contribution in [1.29, 1.82) is 0 Å². The Kier molecular flexibility index (Phi) is 3.65. The number of carbonyl (C=O) groups excluding carboxylic acids is 1. The molecule has 0 aliphatic carbocycles. The van der Waals surface area contributed by atoms with Crippen LogP contribution < -0.4 is 14.8 Å². The van der Waals surface area contributed by atoms with Crippen molar-refractivity contribution >= 4 is 22.7 Å². The number of ether oxygens (including phenoxy) is 2. The zero-order chi connectivity index (χ0) is 15.5. The van der Waals surface area contributed by atoms with Gasteiger partial charge < -0.3 is 19.2 Å². The van der Waals surface area contributed by atoms with Gasteiger partial charge in [-0.2, -0.15) is 0 Å². The summed E-state index contributed by atoms with van der Waals surface area (Å²) >= 11 is 0. The summed E-state index contributed by atoms with van der Waals surface area (Å²) < 4.78 is 15.6. The molecule has 0 spiro atoms. The molecule has 112 valence electrons. The van der Waals surface area contributed by atoms with E-state index in [1.807, 2.05) is 0 Å². The van der Waals surface area contributed by atoms with Crippen molar-refractivity contribution in [3.05, 3.63) is 48.4 Å². The molecule has 3 rings (SSSR count). The molecule has 0 radical (unpaired) electrons. The lowest BCUT2D eigenvalue weighted by Crippen LogP contribution is -2.12. The Labute approximate surface area is 126 Å². The maximum atomic E-state index is 12.3. The van der Waals surface area contributed by atoms with E-state index in [0.717, 1.165) is 5.52 Å². The minimum absolute atomic E-state index is 0.250. The highest BCUT2D eigenvalue weighted by Crippen LogP contribution is 2.28. The van der Waals surface area contributed by atoms with Crippen LogP contribution in [0.15, 0.2) is 47.2 Å². The summed E-state index contributed by atoms with van der Waals surface area (Å²) in [4.78, 5) is 16.3. The number of rotatable bonds is 4. The van der Waals surface area contributed by atoms with Crippen molar-refractivity contribution in [1.82, 2.24) is 4.98 Å². The van der Waals surface area contributed by atoms with Crippen LogP contribution in [0.3, 0.4) is 0 Å². The van der Waals surface area contributed by atoms with Gasteiger partial charge in [-0.05, 0) is 30.3 Å². The Hall–Kier alpha value is -3.02. The predicted molar refractivity (Wildman–Crippen MR) is 81.5 cm³/mol. The highest BCUT2D eigenvalue weighted by molar-refractivity contribution is 6.05. The maximum absolute atomic E-state index is 12.3. The van der Waals surface area contributed by atoms with Crippen molar-refractivity contribution in [2.24, 2.45) is 0 Å². The number of aromatic nitrogens is 1. The van der Waals surface area contributed by atoms with Gasteiger partial charge in [-0.25, -0.2) is 4.98 Å². The second-order valence-electron chi connectivity index (χ2n) is 4.56. The van der Waals surface area contributed by atoms with Crippen LogP contribution in [0.2, 0.25) is 0 Å². The first kappa shape index (κ1) is 13.9. The number of anilines is 1. The summed E-state index contributed by atoms with van der Waals surface area (Å²) in [6.07, 6.45) is 1.37. The molecule has 0 aliphatic heterocycles. The summed E-state index contributed by atoms with van der Waals surface area (Å²) in [5.74, 6) is 0.822. The predicted octanol–water partition coefficient (Wildman–Crippen LogP) is 3.10. The SMILES string of the molecule is COc1ccc(C(=O)Nc2ccc3ncoc3c2)cc1OC. The molecule has 0 fully saturated rings. The van der Waals surface area contributed by atoms with Gasteiger partial charge in [0, 0.05) is 17.3 Å². The second-order valence-corrected chi connectivity index (χ2v) is 4.56. The standard InChI is InChI=1S/C16H14N2O4/c1-20-13-6-3-10(7-15(13)21-2)16(19)18-11-4-5-12-14(8-11)22-9-17-12/h3-9H,1-2H3,(H,18,19). The van der Waals surface area contributed by atoms with Crippen molar-refractivity contribution in [2.45, 2.75) is 0 Å². The van der Waals surface area contributed by atoms with Gasteiger partial charge in [0.25, 0.3) is 5.91 Å². The Morgan fingerprint density at radius 2 is 1.91 bits per heavy atom. The number of oxazole rings is 1. The summed E-state index contributed by atoms with van der Waals surface area (Å²) in [6.45, 7) is 0. The molecule has 1 heterocycles. The van der Waals surface area contributed by atoms with E-state index >= 15 is 0 Å². The summed E-state index contributed by atoms with van der Waals surface area (Å²) in [5, 5.41) is 2.81. The molecule has 2 aromatic carbocycles. The molecule has 0 aliphatic rings. The second kappa shape index (κ2) is 5.77. The fourth-order valence-electron chi connectivity index (χ4n) is 2.11. The molecule has 1 N–H and O–H groups in total. The number of hydrogen-bond acceptors (Lipinski definition) is 5. The number of amides is 1. The first-order valence-electron chi connectivity index (χ1n) is 6.58. The molecular formula is C16H14N2O4. The van der Waals surface area contributed by atoms with Crippen LogP contribution in [0.5, 0.6) is 11.5 Å². The van der Waals surface area contributed by atoms with Gasteiger partial charge >= 0.3 is 0 Å². The average Bonchev–Trinajstić information content (AvgIpc) is 3.01. The normalized spacial score (nSPS) is 10.5. The van der Waals surface area contributed by atoms with E-state index in [9.17, 15) is 4.79 Å². The van der Waals surface area contributed by atoms with Crippen molar-refractivity contribution in [2.75, 3.05) is 19.5 Å². The molecular weight excluding hydrogens is 284 g/mol. The minimum Gasteiger partial charge on any atom is -0.493 e. The number of carbonyl (C=O) groups is 1. The van der Waals surface area contributed by atoms with E-state index in [-0.39, 0.29) is 5.91 Å². The number of nitrogens with one attached hydrogen (secondary N) is 1. The van der Waals surface area contributed by atoms with Crippen LogP contribution in [0, 0.1) is 0 Å². The lowest BCUT2D eigenvalue weighted by atomic mass is 10.2. The van der Waals surface area contributed by atoms with Crippen LogP contribution in [0.4, 0.5) is 5.69 Å². The molecule has 0 saturated heterocycles. The van der Waals surface area contributed by atoms with Crippen molar-refractivity contribution in [3.63, 3.8) is 0 Å². The monoisotopic (exact) mass is 298 g/mol. The Bertz CT molecular complexity index is 826. The first-order chi connectivity index (χ1) is 10.7. The van der Waals surface area contributed by atoms with Crippen LogP contribution in [0.25, 0.3) is 11.1 Å². The first-order valence-corrected chi connectivity index (χ1v) is 6.58. The summed E-state index contributed by atoms with van der Waals surface area (Å²) in [5.41, 5.74) is 2.45. The van der Waals surface area contributed by atoms with E-state index in [1.54, 1.807) is 43.5 Å². The van der Waals surface area contributed by atoms with Gasteiger partial charge in [0.1, 0.15) is 5.52 Å². The summed E-state index contributed by atoms with van der Waals surface area (Å²) in [6, 6.07) is 10.3. The molecule has 3 aromatic rings. The van der Waals surface area contributed by atoms with E-state index < -0.39 is 0 Å². The van der Waals surface area contributed by atoms with Crippen molar-refractivity contribution in [3.8, 4) is 11.5 Å². The summed E-state index contributed by atoms with van der Waals surface area (Å²) in [7, 11) is 3.07. The molecule has 6 heteroatoms. The van der Waals surface area contributed by atoms with Crippen LogP contribution in [0.1, 0.15) is 10.4 Å². The zero-order valence-electron chi connectivity index (χ0n) is 12.1. The third kappa shape index (κ3) is 2.58. The van der Waals surface area contributed by atoms with Gasteiger partial charge in [-0.15, -0.1) is 0 Å². The Morgan fingerprint density at radius 1 is 1.09 bits per heavy atom. The Morgan fingerprint density at radius 3 is 2.68 bits per heavy atom. The lowest BCUT2D eigenvalue weighted by molar-refractivity contribution is 0.102. The van der Waals surface area contributed by atoms with Crippen molar-refractivity contribution < 1.29 is 18.7 Å². The van der Waals surface area contributed by atoms with Gasteiger partial charge in [-0.3, -0.25) is 4.79 Å². The number of nitrogens with zero attached hydrogens (tertiary/aromatic N) is 1. The maximum Gasteiger partial charge on any atom is 0.255 e. The highest BCUT2D eigenvalue weighted by atomic mass is 16.5. The van der Waals surface area contributed by atoms with Gasteiger partial charge in [0.15, 0.2) is 23.5 Å². The van der Waals surface area contributed by atoms with E-state index in [1.165, 1.54) is 13.5 Å². The topological polar surface area (TPSA) is 73.6 Å². The number of benzene rings is 2.